The molecule has 2 amide bonds. The van der Waals surface area contributed by atoms with E-state index in [1.54, 1.807) is 0 Å². The Morgan fingerprint density at radius 3 is 2.19 bits per heavy atom. The third-order valence-electron chi connectivity index (χ3n) is 3.81. The molecule has 0 aromatic carbocycles. The maximum absolute atomic E-state index is 12.5. The van der Waals surface area contributed by atoms with Gasteiger partial charge in [0.2, 0.25) is 0 Å². The molecule has 0 aliphatic carbocycles. The Kier molecular flexibility index (Phi) is 8.37. The normalized spacial score (nSPS) is 14.6. The number of ether oxygens (including phenoxy) is 1. The van der Waals surface area contributed by atoms with Crippen molar-refractivity contribution in [3.63, 3.8) is 0 Å². The Hall–Kier alpha value is -1.26. The van der Waals surface area contributed by atoms with Gasteiger partial charge in [-0.2, -0.15) is 0 Å². The van der Waals surface area contributed by atoms with Crippen LogP contribution in [0.1, 0.15) is 54.4 Å². The molecule has 0 fully saturated rings. The molecule has 0 aromatic rings. The Labute approximate surface area is 129 Å². The van der Waals surface area contributed by atoms with Crippen molar-refractivity contribution in [3.05, 3.63) is 0 Å². The van der Waals surface area contributed by atoms with Crippen LogP contribution >= 0.6 is 0 Å². The number of nitrogens with one attached hydrogen (secondary N) is 1. The molecule has 5 heteroatoms. The third kappa shape index (κ3) is 7.34. The number of nitrogens with two attached hydrogens (primary N) is 1. The number of carbonyl (C=O) groups is 2. The molecule has 0 radical (unpaired) electrons. The van der Waals surface area contributed by atoms with E-state index in [9.17, 15) is 9.59 Å². The number of hydrogen-bond donors (Lipinski definition) is 2. The highest BCUT2D eigenvalue weighted by Gasteiger charge is 2.39. The number of primary amides is 1. The fourth-order valence-electron chi connectivity index (χ4n) is 2.81. The highest BCUT2D eigenvalue weighted by Crippen LogP contribution is 2.38. The highest BCUT2D eigenvalue weighted by molar-refractivity contribution is 5.73. The summed E-state index contributed by atoms with van der Waals surface area (Å²) in [7, 11) is 0. The van der Waals surface area contributed by atoms with Crippen molar-refractivity contribution >= 4 is 12.0 Å². The van der Waals surface area contributed by atoms with Crippen molar-refractivity contribution in [1.29, 1.82) is 0 Å². The first-order chi connectivity index (χ1) is 9.61. The molecule has 0 heterocycles. The second kappa shape index (κ2) is 8.90. The maximum atomic E-state index is 12.5. The molecule has 5 nitrogen and oxygen atoms in total. The van der Waals surface area contributed by atoms with Gasteiger partial charge in [-0.15, -0.1) is 0 Å². The molecule has 2 unspecified atom stereocenters. The van der Waals surface area contributed by atoms with Crippen molar-refractivity contribution in [2.24, 2.45) is 28.9 Å². The van der Waals surface area contributed by atoms with Crippen LogP contribution < -0.4 is 11.1 Å². The molecule has 3 N–H and O–H groups in total. The molecule has 2 atom stereocenters. The summed E-state index contributed by atoms with van der Waals surface area (Å²) < 4.78 is 5.41. The number of rotatable bonds is 8. The third-order valence-corrected chi connectivity index (χ3v) is 3.81. The van der Waals surface area contributed by atoms with Gasteiger partial charge in [-0.3, -0.25) is 4.79 Å². The summed E-state index contributed by atoms with van der Waals surface area (Å²) in [5.41, 5.74) is 4.84. The lowest BCUT2D eigenvalue weighted by atomic mass is 9.68. The Balaban J connectivity index is 4.57. The molecule has 124 valence electrons. The number of esters is 1. The largest absolute Gasteiger partial charge is 0.465 e. The summed E-state index contributed by atoms with van der Waals surface area (Å²) in [5.74, 6) is 0.485. The van der Waals surface area contributed by atoms with Gasteiger partial charge in [0, 0.05) is 6.54 Å². The average molecular weight is 300 g/mol. The zero-order valence-corrected chi connectivity index (χ0v) is 14.4. The fraction of sp³-hybridized carbons (Fsp3) is 0.875. The van der Waals surface area contributed by atoms with Gasteiger partial charge in [0.1, 0.15) is 0 Å². The lowest BCUT2D eigenvalue weighted by Gasteiger charge is -2.37. The molecule has 0 aliphatic heterocycles. The van der Waals surface area contributed by atoms with Crippen molar-refractivity contribution < 1.29 is 14.3 Å². The number of hydrogen-bond acceptors (Lipinski definition) is 3. The Bertz CT molecular complexity index is 335. The summed E-state index contributed by atoms with van der Waals surface area (Å²) >= 11 is 0. The maximum Gasteiger partial charge on any atom is 0.312 e. The van der Waals surface area contributed by atoms with E-state index in [-0.39, 0.29) is 17.3 Å². The molecule has 21 heavy (non-hydrogen) atoms. The highest BCUT2D eigenvalue weighted by atomic mass is 16.5. The predicted molar refractivity (Wildman–Crippen MR) is 84.7 cm³/mol. The van der Waals surface area contributed by atoms with E-state index >= 15 is 0 Å². The van der Waals surface area contributed by atoms with Crippen LogP contribution in [0.25, 0.3) is 0 Å². The van der Waals surface area contributed by atoms with E-state index in [2.05, 4.69) is 46.9 Å². The molecule has 0 saturated carbocycles. The first-order valence-corrected chi connectivity index (χ1v) is 7.81. The average Bonchev–Trinajstić information content (AvgIpc) is 2.32. The zero-order chi connectivity index (χ0) is 16.6. The second-order valence-electron chi connectivity index (χ2n) is 6.97. The standard InChI is InChI=1S/C16H32N2O3/c1-7-12(11(2)3)13(16(4,5)6)14(19)21-10-8-9-18-15(17)20/h11-13H,7-10H2,1-6H3,(H3,17,18,20). The summed E-state index contributed by atoms with van der Waals surface area (Å²) in [6.07, 6.45) is 1.53. The van der Waals surface area contributed by atoms with Crippen LogP contribution in [-0.4, -0.2) is 25.2 Å². The van der Waals surface area contributed by atoms with Gasteiger partial charge in [-0.05, 0) is 23.7 Å². The molecule has 0 rings (SSSR count). The van der Waals surface area contributed by atoms with Gasteiger partial charge in [0.25, 0.3) is 0 Å². The van der Waals surface area contributed by atoms with Gasteiger partial charge in [-0.1, -0.05) is 48.0 Å². The molecule has 0 bridgehead atoms. The summed E-state index contributed by atoms with van der Waals surface area (Å²) in [4.78, 5) is 23.0. The van der Waals surface area contributed by atoms with E-state index < -0.39 is 6.03 Å². The quantitative estimate of drug-likeness (QED) is 0.534. The van der Waals surface area contributed by atoms with Crippen molar-refractivity contribution in [1.82, 2.24) is 5.32 Å². The molecule has 0 aliphatic rings. The van der Waals surface area contributed by atoms with Gasteiger partial charge in [0.05, 0.1) is 12.5 Å². The van der Waals surface area contributed by atoms with E-state index in [1.807, 2.05) is 0 Å². The van der Waals surface area contributed by atoms with Crippen LogP contribution in [0.3, 0.4) is 0 Å². The van der Waals surface area contributed by atoms with Crippen molar-refractivity contribution in [2.75, 3.05) is 13.2 Å². The van der Waals surface area contributed by atoms with Gasteiger partial charge in [0.15, 0.2) is 0 Å². The lowest BCUT2D eigenvalue weighted by molar-refractivity contribution is -0.156. The Morgan fingerprint density at radius 2 is 1.81 bits per heavy atom. The van der Waals surface area contributed by atoms with E-state index in [1.165, 1.54) is 0 Å². The number of urea groups is 1. The smallest absolute Gasteiger partial charge is 0.312 e. The zero-order valence-electron chi connectivity index (χ0n) is 14.4. The van der Waals surface area contributed by atoms with Gasteiger partial charge >= 0.3 is 12.0 Å². The first kappa shape index (κ1) is 19.7. The SMILES string of the molecule is CCC(C(C)C)C(C(=O)OCCCNC(N)=O)C(C)(C)C. The topological polar surface area (TPSA) is 81.4 Å². The van der Waals surface area contributed by atoms with Crippen LogP contribution in [-0.2, 0) is 9.53 Å². The minimum atomic E-state index is -0.556. The fourth-order valence-corrected chi connectivity index (χ4v) is 2.81. The van der Waals surface area contributed by atoms with E-state index in [0.717, 1.165) is 6.42 Å². The summed E-state index contributed by atoms with van der Waals surface area (Å²) in [6, 6.07) is -0.556. The van der Waals surface area contributed by atoms with E-state index in [4.69, 9.17) is 10.5 Å². The van der Waals surface area contributed by atoms with Gasteiger partial charge in [-0.25, -0.2) is 4.79 Å². The molecule has 0 spiro atoms. The van der Waals surface area contributed by atoms with Crippen LogP contribution in [0.5, 0.6) is 0 Å². The molecular weight excluding hydrogens is 268 g/mol. The van der Waals surface area contributed by atoms with Crippen LogP contribution in [0.15, 0.2) is 0 Å². The summed E-state index contributed by atoms with van der Waals surface area (Å²) in [5, 5.41) is 2.48. The van der Waals surface area contributed by atoms with Crippen LogP contribution in [0.2, 0.25) is 0 Å². The van der Waals surface area contributed by atoms with Crippen molar-refractivity contribution in [3.8, 4) is 0 Å². The second-order valence-corrected chi connectivity index (χ2v) is 6.97. The monoisotopic (exact) mass is 300 g/mol. The molecule has 0 saturated heterocycles. The Morgan fingerprint density at radius 1 is 1.24 bits per heavy atom. The number of carbonyl (C=O) groups excluding carboxylic acids is 2. The minimum Gasteiger partial charge on any atom is -0.465 e. The van der Waals surface area contributed by atoms with E-state index in [0.29, 0.717) is 31.4 Å². The van der Waals surface area contributed by atoms with Crippen LogP contribution in [0, 0.1) is 23.2 Å². The molecule has 0 aromatic heterocycles. The predicted octanol–water partition coefficient (Wildman–Crippen LogP) is 2.93. The van der Waals surface area contributed by atoms with Gasteiger partial charge < -0.3 is 15.8 Å². The summed E-state index contributed by atoms with van der Waals surface area (Å²) in [6.45, 7) is 13.4. The lowest BCUT2D eigenvalue weighted by Crippen LogP contribution is -2.38. The first-order valence-electron chi connectivity index (χ1n) is 7.81. The number of amides is 2. The minimum absolute atomic E-state index is 0.119. The van der Waals surface area contributed by atoms with Crippen LogP contribution in [0.4, 0.5) is 4.79 Å². The molecular formula is C16H32N2O3. The van der Waals surface area contributed by atoms with Crippen molar-refractivity contribution in [2.45, 2.75) is 54.4 Å².